The smallest absolute Gasteiger partial charge is 0.122 e. The SMILES string of the molecule is OCC#Cc1ccc(COc2cccc(CO)c2)s1. The number of aliphatic hydroxyl groups excluding tert-OH is 2. The first-order chi connectivity index (χ1) is 9.31. The zero-order chi connectivity index (χ0) is 13.5. The Kier molecular flexibility index (Phi) is 4.99. The molecule has 19 heavy (non-hydrogen) atoms. The molecule has 1 aromatic carbocycles. The van der Waals surface area contributed by atoms with E-state index in [1.165, 1.54) is 0 Å². The minimum atomic E-state index is -0.127. The Hall–Kier alpha value is -1.80. The van der Waals surface area contributed by atoms with Crippen LogP contribution in [0.5, 0.6) is 5.75 Å². The van der Waals surface area contributed by atoms with E-state index < -0.39 is 0 Å². The topological polar surface area (TPSA) is 49.7 Å². The van der Waals surface area contributed by atoms with Gasteiger partial charge in [0.15, 0.2) is 0 Å². The highest BCUT2D eigenvalue weighted by molar-refractivity contribution is 7.12. The van der Waals surface area contributed by atoms with Crippen LogP contribution >= 0.6 is 11.3 Å². The van der Waals surface area contributed by atoms with Crippen LogP contribution in [-0.4, -0.2) is 16.8 Å². The van der Waals surface area contributed by atoms with E-state index in [1.54, 1.807) is 11.3 Å². The Labute approximate surface area is 116 Å². The molecule has 0 fully saturated rings. The van der Waals surface area contributed by atoms with Gasteiger partial charge in [0.25, 0.3) is 0 Å². The van der Waals surface area contributed by atoms with Gasteiger partial charge in [-0.2, -0.15) is 0 Å². The number of rotatable bonds is 4. The average Bonchev–Trinajstić information content (AvgIpc) is 2.91. The lowest BCUT2D eigenvalue weighted by Gasteiger charge is -2.05. The Morgan fingerprint density at radius 1 is 1.16 bits per heavy atom. The van der Waals surface area contributed by atoms with Crippen molar-refractivity contribution in [3.8, 4) is 17.6 Å². The molecule has 0 bridgehead atoms. The van der Waals surface area contributed by atoms with Crippen LogP contribution in [0.1, 0.15) is 15.3 Å². The summed E-state index contributed by atoms with van der Waals surface area (Å²) in [4.78, 5) is 1.98. The average molecular weight is 274 g/mol. The molecule has 0 saturated heterocycles. The van der Waals surface area contributed by atoms with E-state index in [9.17, 15) is 0 Å². The van der Waals surface area contributed by atoms with Crippen LogP contribution in [0.4, 0.5) is 0 Å². The summed E-state index contributed by atoms with van der Waals surface area (Å²) in [5, 5.41) is 17.7. The molecule has 0 aliphatic heterocycles. The van der Waals surface area contributed by atoms with E-state index in [-0.39, 0.29) is 13.2 Å². The molecule has 0 aliphatic carbocycles. The molecule has 1 aromatic heterocycles. The molecule has 0 spiro atoms. The normalized spacial score (nSPS) is 9.79. The van der Waals surface area contributed by atoms with E-state index in [0.717, 1.165) is 21.1 Å². The zero-order valence-electron chi connectivity index (χ0n) is 10.3. The molecule has 98 valence electrons. The predicted molar refractivity (Wildman–Crippen MR) is 75.0 cm³/mol. The fourth-order valence-corrected chi connectivity index (χ4v) is 2.33. The van der Waals surface area contributed by atoms with Crippen molar-refractivity contribution in [2.24, 2.45) is 0 Å². The zero-order valence-corrected chi connectivity index (χ0v) is 11.1. The van der Waals surface area contributed by atoms with Gasteiger partial charge in [-0.15, -0.1) is 11.3 Å². The molecule has 0 atom stereocenters. The molecule has 2 rings (SSSR count). The number of hydrogen-bond acceptors (Lipinski definition) is 4. The first-order valence-corrected chi connectivity index (χ1v) is 6.64. The number of ether oxygens (including phenoxy) is 1. The van der Waals surface area contributed by atoms with Crippen LogP contribution in [-0.2, 0) is 13.2 Å². The van der Waals surface area contributed by atoms with Crippen LogP contribution in [0.15, 0.2) is 36.4 Å². The Balaban J connectivity index is 1.96. The van der Waals surface area contributed by atoms with Crippen molar-refractivity contribution in [1.29, 1.82) is 0 Å². The largest absolute Gasteiger partial charge is 0.488 e. The lowest BCUT2D eigenvalue weighted by Crippen LogP contribution is -1.93. The van der Waals surface area contributed by atoms with Gasteiger partial charge >= 0.3 is 0 Å². The second kappa shape index (κ2) is 6.95. The molecule has 1 heterocycles. The summed E-state index contributed by atoms with van der Waals surface area (Å²) in [6.07, 6.45) is 0. The van der Waals surface area contributed by atoms with Crippen molar-refractivity contribution < 1.29 is 14.9 Å². The molecule has 0 amide bonds. The van der Waals surface area contributed by atoms with Crippen LogP contribution in [0, 0.1) is 11.8 Å². The van der Waals surface area contributed by atoms with Crippen molar-refractivity contribution in [1.82, 2.24) is 0 Å². The fourth-order valence-electron chi connectivity index (χ4n) is 1.54. The molecule has 0 aliphatic rings. The van der Waals surface area contributed by atoms with Crippen LogP contribution < -0.4 is 4.74 Å². The van der Waals surface area contributed by atoms with E-state index in [0.29, 0.717) is 6.61 Å². The highest BCUT2D eigenvalue weighted by Gasteiger charge is 2.00. The molecule has 4 heteroatoms. The van der Waals surface area contributed by atoms with Gasteiger partial charge in [-0.1, -0.05) is 24.0 Å². The third kappa shape index (κ3) is 4.11. The summed E-state index contributed by atoms with van der Waals surface area (Å²) < 4.78 is 5.65. The lowest BCUT2D eigenvalue weighted by atomic mass is 10.2. The third-order valence-electron chi connectivity index (χ3n) is 2.41. The Morgan fingerprint density at radius 2 is 2.05 bits per heavy atom. The van der Waals surface area contributed by atoms with E-state index >= 15 is 0 Å². The minimum Gasteiger partial charge on any atom is -0.488 e. The molecule has 0 saturated carbocycles. The van der Waals surface area contributed by atoms with E-state index in [2.05, 4.69) is 11.8 Å². The van der Waals surface area contributed by atoms with Gasteiger partial charge < -0.3 is 14.9 Å². The van der Waals surface area contributed by atoms with Crippen molar-refractivity contribution in [3.05, 3.63) is 51.7 Å². The van der Waals surface area contributed by atoms with Gasteiger partial charge in [0, 0.05) is 4.88 Å². The molecular formula is C15H14O3S. The van der Waals surface area contributed by atoms with Gasteiger partial charge in [0.2, 0.25) is 0 Å². The lowest BCUT2D eigenvalue weighted by molar-refractivity contribution is 0.278. The van der Waals surface area contributed by atoms with Crippen molar-refractivity contribution in [2.75, 3.05) is 6.61 Å². The highest BCUT2D eigenvalue weighted by Crippen LogP contribution is 2.19. The maximum absolute atomic E-state index is 9.04. The molecule has 2 aromatic rings. The van der Waals surface area contributed by atoms with Gasteiger partial charge in [0.1, 0.15) is 19.0 Å². The quantitative estimate of drug-likeness (QED) is 0.840. The predicted octanol–water partition coefficient (Wildman–Crippen LogP) is 2.16. The fraction of sp³-hybridized carbons (Fsp3) is 0.200. The second-order valence-corrected chi connectivity index (χ2v) is 4.99. The number of thiophene rings is 1. The van der Waals surface area contributed by atoms with Gasteiger partial charge in [-0.05, 0) is 29.8 Å². The maximum Gasteiger partial charge on any atom is 0.122 e. The molecular weight excluding hydrogens is 260 g/mol. The summed E-state index contributed by atoms with van der Waals surface area (Å²) >= 11 is 1.54. The number of aliphatic hydroxyl groups is 2. The van der Waals surface area contributed by atoms with Gasteiger partial charge in [0.05, 0.1) is 11.5 Å². The summed E-state index contributed by atoms with van der Waals surface area (Å²) in [5.74, 6) is 6.21. The van der Waals surface area contributed by atoms with Crippen LogP contribution in [0.25, 0.3) is 0 Å². The molecule has 0 unspecified atom stereocenters. The molecule has 3 nitrogen and oxygen atoms in total. The van der Waals surface area contributed by atoms with Crippen LogP contribution in [0.2, 0.25) is 0 Å². The van der Waals surface area contributed by atoms with E-state index in [4.69, 9.17) is 14.9 Å². The van der Waals surface area contributed by atoms with Crippen LogP contribution in [0.3, 0.4) is 0 Å². The first-order valence-electron chi connectivity index (χ1n) is 5.83. The summed E-state index contributed by atoms with van der Waals surface area (Å²) in [5.41, 5.74) is 0.832. The first kappa shape index (κ1) is 13.6. The number of hydrogen-bond donors (Lipinski definition) is 2. The van der Waals surface area contributed by atoms with Crippen molar-refractivity contribution in [3.63, 3.8) is 0 Å². The molecule has 0 radical (unpaired) electrons. The van der Waals surface area contributed by atoms with Crippen molar-refractivity contribution >= 4 is 11.3 Å². The van der Waals surface area contributed by atoms with Gasteiger partial charge in [-0.3, -0.25) is 0 Å². The summed E-state index contributed by atoms with van der Waals surface area (Å²) in [6.45, 7) is 0.356. The maximum atomic E-state index is 9.04. The summed E-state index contributed by atoms with van der Waals surface area (Å²) in [6, 6.07) is 11.3. The Morgan fingerprint density at radius 3 is 2.84 bits per heavy atom. The minimum absolute atomic E-state index is 0.0110. The van der Waals surface area contributed by atoms with E-state index in [1.807, 2.05) is 36.4 Å². The standard InChI is InChI=1S/C15H14O3S/c16-8-2-5-14-6-7-15(19-14)11-18-13-4-1-3-12(9-13)10-17/h1,3-4,6-7,9,16-17H,8,10-11H2. The monoisotopic (exact) mass is 274 g/mol. The summed E-state index contributed by atoms with van der Waals surface area (Å²) in [7, 11) is 0. The number of benzene rings is 1. The van der Waals surface area contributed by atoms with Crippen molar-refractivity contribution in [2.45, 2.75) is 13.2 Å². The van der Waals surface area contributed by atoms with Gasteiger partial charge in [-0.25, -0.2) is 0 Å². The second-order valence-electron chi connectivity index (χ2n) is 3.82. The highest BCUT2D eigenvalue weighted by atomic mass is 32.1. The molecule has 2 N–H and O–H groups in total. The Bertz CT molecular complexity index is 593. The third-order valence-corrected chi connectivity index (χ3v) is 3.39.